The molecule has 8 heteroatoms. The molecule has 1 aromatic rings. The van der Waals surface area contributed by atoms with Crippen LogP contribution < -0.4 is 10.6 Å². The summed E-state index contributed by atoms with van der Waals surface area (Å²) in [5, 5.41) is 8.03. The van der Waals surface area contributed by atoms with Gasteiger partial charge in [-0.2, -0.15) is 0 Å². The molecule has 1 aromatic carbocycles. The van der Waals surface area contributed by atoms with Crippen molar-refractivity contribution < 1.29 is 0 Å². The maximum absolute atomic E-state index is 6.23. The Labute approximate surface area is 184 Å². The Kier molecular flexibility index (Phi) is 11.2. The van der Waals surface area contributed by atoms with E-state index in [0.29, 0.717) is 22.6 Å². The summed E-state index contributed by atoms with van der Waals surface area (Å²) in [6.07, 6.45) is 0. The van der Waals surface area contributed by atoms with Gasteiger partial charge in [0.05, 0.1) is 6.54 Å². The van der Waals surface area contributed by atoms with Crippen LogP contribution in [-0.4, -0.2) is 68.1 Å². The molecule has 0 aliphatic carbocycles. The van der Waals surface area contributed by atoms with Crippen molar-refractivity contribution >= 4 is 53.1 Å². The first-order chi connectivity index (χ1) is 12.0. The van der Waals surface area contributed by atoms with Gasteiger partial charge in [0.1, 0.15) is 0 Å². The van der Waals surface area contributed by atoms with Crippen molar-refractivity contribution in [2.75, 3.05) is 46.3 Å². The summed E-state index contributed by atoms with van der Waals surface area (Å²) >= 11 is 12.2. The predicted octanol–water partition coefficient (Wildman–Crippen LogP) is 3.30. The molecule has 148 valence electrons. The van der Waals surface area contributed by atoms with Crippen molar-refractivity contribution in [2.24, 2.45) is 4.99 Å². The number of piperazine rings is 1. The number of halogens is 3. The number of nitrogens with zero attached hydrogens (tertiary/aromatic N) is 3. The molecule has 0 aromatic heterocycles. The SMILES string of the molecule is CCNC(=NCc1ccc(Cl)cc1Cl)NCC(C)N1CCN(C)CC1.I. The highest BCUT2D eigenvalue weighted by Crippen LogP contribution is 2.21. The molecule has 0 bridgehead atoms. The van der Waals surface area contributed by atoms with E-state index < -0.39 is 0 Å². The molecule has 2 rings (SSSR count). The summed E-state index contributed by atoms with van der Waals surface area (Å²) in [5.41, 5.74) is 0.968. The number of aliphatic imine (C=N–C) groups is 1. The topological polar surface area (TPSA) is 42.9 Å². The van der Waals surface area contributed by atoms with Crippen molar-refractivity contribution in [2.45, 2.75) is 26.4 Å². The van der Waals surface area contributed by atoms with Gasteiger partial charge < -0.3 is 15.5 Å². The van der Waals surface area contributed by atoms with Gasteiger partial charge in [-0.3, -0.25) is 4.90 Å². The van der Waals surface area contributed by atoms with Crippen LogP contribution in [0.5, 0.6) is 0 Å². The van der Waals surface area contributed by atoms with E-state index in [9.17, 15) is 0 Å². The third-order valence-electron chi connectivity index (χ3n) is 4.49. The molecular weight excluding hydrogens is 484 g/mol. The first-order valence-corrected chi connectivity index (χ1v) is 9.64. The van der Waals surface area contributed by atoms with E-state index >= 15 is 0 Å². The Bertz CT molecular complexity index is 577. The smallest absolute Gasteiger partial charge is 0.191 e. The van der Waals surface area contributed by atoms with Crippen LogP contribution in [0.3, 0.4) is 0 Å². The normalized spacial score (nSPS) is 17.5. The van der Waals surface area contributed by atoms with Crippen molar-refractivity contribution in [1.29, 1.82) is 0 Å². The second-order valence-corrected chi connectivity index (χ2v) is 7.34. The van der Waals surface area contributed by atoms with E-state index in [2.05, 4.69) is 46.3 Å². The monoisotopic (exact) mass is 513 g/mol. The molecule has 0 saturated carbocycles. The molecular formula is C18H30Cl2IN5. The lowest BCUT2D eigenvalue weighted by molar-refractivity contribution is 0.120. The van der Waals surface area contributed by atoms with Gasteiger partial charge in [-0.25, -0.2) is 4.99 Å². The van der Waals surface area contributed by atoms with Crippen molar-refractivity contribution in [3.8, 4) is 0 Å². The van der Waals surface area contributed by atoms with E-state index in [1.807, 2.05) is 12.1 Å². The lowest BCUT2D eigenvalue weighted by Gasteiger charge is -2.36. The molecule has 0 amide bonds. The highest BCUT2D eigenvalue weighted by molar-refractivity contribution is 14.0. The van der Waals surface area contributed by atoms with Gasteiger partial charge in [-0.15, -0.1) is 24.0 Å². The molecule has 2 N–H and O–H groups in total. The first-order valence-electron chi connectivity index (χ1n) is 8.88. The van der Waals surface area contributed by atoms with Crippen LogP contribution >= 0.6 is 47.2 Å². The van der Waals surface area contributed by atoms with Crippen LogP contribution in [0.25, 0.3) is 0 Å². The number of hydrogen-bond acceptors (Lipinski definition) is 3. The second kappa shape index (κ2) is 12.2. The number of hydrogen-bond donors (Lipinski definition) is 2. The minimum atomic E-state index is 0. The van der Waals surface area contributed by atoms with Gasteiger partial charge in [0.15, 0.2) is 5.96 Å². The van der Waals surface area contributed by atoms with E-state index in [-0.39, 0.29) is 24.0 Å². The molecule has 1 saturated heterocycles. The second-order valence-electron chi connectivity index (χ2n) is 6.50. The van der Waals surface area contributed by atoms with Gasteiger partial charge in [0.2, 0.25) is 0 Å². The summed E-state index contributed by atoms with van der Waals surface area (Å²) in [6.45, 7) is 11.0. The molecule has 5 nitrogen and oxygen atoms in total. The number of guanidine groups is 1. The molecule has 1 fully saturated rings. The fourth-order valence-electron chi connectivity index (χ4n) is 2.79. The lowest BCUT2D eigenvalue weighted by atomic mass is 10.2. The summed E-state index contributed by atoms with van der Waals surface area (Å²) < 4.78 is 0. The average molecular weight is 514 g/mol. The van der Waals surface area contributed by atoms with Crippen LogP contribution in [0.15, 0.2) is 23.2 Å². The zero-order chi connectivity index (χ0) is 18.2. The maximum Gasteiger partial charge on any atom is 0.191 e. The van der Waals surface area contributed by atoms with Crippen LogP contribution in [0.4, 0.5) is 0 Å². The zero-order valence-corrected chi connectivity index (χ0v) is 19.6. The largest absolute Gasteiger partial charge is 0.357 e. The van der Waals surface area contributed by atoms with Crippen LogP contribution in [0.2, 0.25) is 10.0 Å². The summed E-state index contributed by atoms with van der Waals surface area (Å²) in [5.74, 6) is 0.814. The first kappa shape index (κ1) is 23.8. The molecule has 1 aliphatic rings. The third kappa shape index (κ3) is 7.76. The number of rotatable bonds is 6. The highest BCUT2D eigenvalue weighted by atomic mass is 127. The van der Waals surface area contributed by atoms with Gasteiger partial charge in [-0.1, -0.05) is 29.3 Å². The van der Waals surface area contributed by atoms with Gasteiger partial charge in [0, 0.05) is 55.4 Å². The Morgan fingerprint density at radius 2 is 1.88 bits per heavy atom. The molecule has 0 radical (unpaired) electrons. The van der Waals surface area contributed by atoms with Crippen molar-refractivity contribution in [1.82, 2.24) is 20.4 Å². The Hall–Kier alpha value is -0.280. The quantitative estimate of drug-likeness (QED) is 0.348. The van der Waals surface area contributed by atoms with Crippen molar-refractivity contribution in [3.05, 3.63) is 33.8 Å². The Morgan fingerprint density at radius 3 is 2.50 bits per heavy atom. The van der Waals surface area contributed by atoms with E-state index in [1.54, 1.807) is 6.07 Å². The molecule has 1 atom stereocenters. The number of likely N-dealkylation sites (N-methyl/N-ethyl adjacent to an activating group) is 1. The summed E-state index contributed by atoms with van der Waals surface area (Å²) in [6, 6.07) is 5.99. The Morgan fingerprint density at radius 1 is 1.19 bits per heavy atom. The third-order valence-corrected chi connectivity index (χ3v) is 5.08. The molecule has 0 spiro atoms. The fourth-order valence-corrected chi connectivity index (χ4v) is 3.26. The molecule has 1 aliphatic heterocycles. The molecule has 1 unspecified atom stereocenters. The van der Waals surface area contributed by atoms with Crippen LogP contribution in [-0.2, 0) is 6.54 Å². The maximum atomic E-state index is 6.23. The highest BCUT2D eigenvalue weighted by Gasteiger charge is 2.19. The minimum Gasteiger partial charge on any atom is -0.357 e. The van der Waals surface area contributed by atoms with Gasteiger partial charge in [-0.05, 0) is 38.6 Å². The predicted molar refractivity (Wildman–Crippen MR) is 123 cm³/mol. The zero-order valence-electron chi connectivity index (χ0n) is 15.8. The van der Waals surface area contributed by atoms with Crippen LogP contribution in [0.1, 0.15) is 19.4 Å². The summed E-state index contributed by atoms with van der Waals surface area (Å²) in [7, 11) is 2.18. The standard InChI is InChI=1S/C18H29Cl2N5.HI/c1-4-21-18(23-13-15-5-6-16(19)11-17(15)20)22-12-14(2)25-9-7-24(3)8-10-25;/h5-6,11,14H,4,7-10,12-13H2,1-3H3,(H2,21,22,23);1H. The van der Waals surface area contributed by atoms with E-state index in [0.717, 1.165) is 50.8 Å². The van der Waals surface area contributed by atoms with Crippen molar-refractivity contribution in [3.63, 3.8) is 0 Å². The van der Waals surface area contributed by atoms with Crippen LogP contribution in [0, 0.1) is 0 Å². The average Bonchev–Trinajstić information content (AvgIpc) is 2.59. The number of nitrogens with one attached hydrogen (secondary N) is 2. The molecule has 26 heavy (non-hydrogen) atoms. The molecule has 1 heterocycles. The minimum absolute atomic E-state index is 0. The number of benzene rings is 1. The van der Waals surface area contributed by atoms with E-state index in [1.165, 1.54) is 0 Å². The summed E-state index contributed by atoms with van der Waals surface area (Å²) in [4.78, 5) is 9.54. The van der Waals surface area contributed by atoms with Gasteiger partial charge in [0.25, 0.3) is 0 Å². The van der Waals surface area contributed by atoms with Gasteiger partial charge >= 0.3 is 0 Å². The lowest BCUT2D eigenvalue weighted by Crippen LogP contribution is -2.52. The Balaban J connectivity index is 0.00000338. The fraction of sp³-hybridized carbons (Fsp3) is 0.611. The van der Waals surface area contributed by atoms with E-state index in [4.69, 9.17) is 23.2 Å².